The van der Waals surface area contributed by atoms with Gasteiger partial charge in [-0.05, 0) is 55.5 Å². The number of ketones is 1. The fourth-order valence-corrected chi connectivity index (χ4v) is 5.17. The van der Waals surface area contributed by atoms with Gasteiger partial charge in [0, 0.05) is 27.8 Å². The van der Waals surface area contributed by atoms with Crippen LogP contribution in [-0.4, -0.2) is 20.3 Å². The highest BCUT2D eigenvalue weighted by Gasteiger charge is 2.23. The Hall–Kier alpha value is -4.25. The average molecular weight is 497 g/mol. The average Bonchev–Trinajstić information content (AvgIpc) is 3.36. The zero-order chi connectivity index (χ0) is 24.5. The van der Waals surface area contributed by atoms with E-state index >= 15 is 0 Å². The normalized spacial score (nSPS) is 12.5. The molecule has 0 atom stereocenters. The number of aryl methyl sites for hydroxylation is 1. The van der Waals surface area contributed by atoms with Crippen LogP contribution in [-0.2, 0) is 0 Å². The Morgan fingerprint density at radius 2 is 1.86 bits per heavy atom. The first-order valence-electron chi connectivity index (χ1n) is 10.6. The quantitative estimate of drug-likeness (QED) is 0.379. The molecule has 3 heterocycles. The Kier molecular flexibility index (Phi) is 5.91. The summed E-state index contributed by atoms with van der Waals surface area (Å²) in [4.78, 5) is 34.8. The number of carbonyl (C=O) groups is 1. The number of Topliss-reactive ketones (excluding diaryl/α,β-unsaturated/α-hetero) is 1. The highest BCUT2D eigenvalue weighted by Crippen LogP contribution is 2.24. The van der Waals surface area contributed by atoms with Crippen molar-refractivity contribution < 1.29 is 4.79 Å². The minimum Gasteiger partial charge on any atom is -0.358 e. The molecule has 3 aromatic heterocycles. The molecule has 0 spiro atoms. The number of H-pyrrole nitrogens is 1. The molecule has 0 bridgehead atoms. The molecule has 0 fully saturated rings. The van der Waals surface area contributed by atoms with Gasteiger partial charge in [-0.1, -0.05) is 35.9 Å². The molecule has 2 aromatic carbocycles. The van der Waals surface area contributed by atoms with Gasteiger partial charge < -0.3 is 4.98 Å². The monoisotopic (exact) mass is 496 g/mol. The van der Waals surface area contributed by atoms with Crippen molar-refractivity contribution in [2.24, 2.45) is 0 Å². The van der Waals surface area contributed by atoms with Crippen LogP contribution in [0.1, 0.15) is 21.7 Å². The molecule has 35 heavy (non-hydrogen) atoms. The minimum atomic E-state index is -0.448. The van der Waals surface area contributed by atoms with Crippen LogP contribution in [0.3, 0.4) is 0 Å². The van der Waals surface area contributed by atoms with Crippen LogP contribution in [0.2, 0.25) is 5.02 Å². The molecule has 0 amide bonds. The van der Waals surface area contributed by atoms with Gasteiger partial charge in [-0.2, -0.15) is 5.26 Å². The number of halogens is 1. The summed E-state index contributed by atoms with van der Waals surface area (Å²) in [7, 11) is 0. The van der Waals surface area contributed by atoms with E-state index in [1.54, 1.807) is 55.6 Å². The first-order valence-corrected chi connectivity index (χ1v) is 11.8. The molecule has 8 heteroatoms. The Morgan fingerprint density at radius 1 is 1.11 bits per heavy atom. The van der Waals surface area contributed by atoms with E-state index in [-0.39, 0.29) is 15.8 Å². The van der Waals surface area contributed by atoms with Gasteiger partial charge in [-0.15, -0.1) is 11.3 Å². The lowest BCUT2D eigenvalue weighted by Gasteiger charge is -2.04. The van der Waals surface area contributed by atoms with E-state index in [0.717, 1.165) is 22.2 Å². The third kappa shape index (κ3) is 4.10. The summed E-state index contributed by atoms with van der Waals surface area (Å²) in [6.45, 7) is 1.79. The van der Waals surface area contributed by atoms with Crippen molar-refractivity contribution in [2.45, 2.75) is 6.92 Å². The molecular weight excluding hydrogens is 480 g/mol. The highest BCUT2D eigenvalue weighted by molar-refractivity contribution is 7.07. The molecule has 0 aliphatic rings. The molecule has 6 nitrogen and oxygen atoms in total. The van der Waals surface area contributed by atoms with Gasteiger partial charge in [0.15, 0.2) is 0 Å². The van der Waals surface area contributed by atoms with Crippen molar-refractivity contribution >= 4 is 51.3 Å². The second-order valence-corrected chi connectivity index (χ2v) is 9.24. The number of hydrogen-bond acceptors (Lipinski definition) is 5. The van der Waals surface area contributed by atoms with Crippen LogP contribution >= 0.6 is 22.9 Å². The first-order chi connectivity index (χ1) is 17.0. The van der Waals surface area contributed by atoms with Crippen molar-refractivity contribution in [2.75, 3.05) is 0 Å². The second kappa shape index (κ2) is 9.18. The molecule has 1 N–H and O–H groups in total. The molecule has 0 saturated carbocycles. The fourth-order valence-electron chi connectivity index (χ4n) is 3.96. The third-order valence-electron chi connectivity index (χ3n) is 5.55. The summed E-state index contributed by atoms with van der Waals surface area (Å²) < 4.78 is 1.98. The number of para-hydroxylation sites is 1. The number of fused-ring (bicyclic) bond motifs is 1. The van der Waals surface area contributed by atoms with Gasteiger partial charge in [0.25, 0.3) is 5.56 Å². The summed E-state index contributed by atoms with van der Waals surface area (Å²) in [5.41, 5.74) is 2.50. The Morgan fingerprint density at radius 3 is 2.57 bits per heavy atom. The molecule has 0 unspecified atom stereocenters. The third-order valence-corrected chi connectivity index (χ3v) is 6.89. The van der Waals surface area contributed by atoms with Crippen LogP contribution in [0.5, 0.6) is 0 Å². The lowest BCUT2D eigenvalue weighted by atomic mass is 10.0. The summed E-state index contributed by atoms with van der Waals surface area (Å²) >= 11 is 7.14. The summed E-state index contributed by atoms with van der Waals surface area (Å²) in [6, 6.07) is 21.6. The number of thiazole rings is 1. The number of nitrogens with one attached hydrogen (secondary N) is 1. The number of aromatic amines is 1. The lowest BCUT2D eigenvalue weighted by molar-refractivity contribution is 0.105. The Balaban J connectivity index is 1.85. The van der Waals surface area contributed by atoms with E-state index in [1.807, 2.05) is 30.3 Å². The van der Waals surface area contributed by atoms with E-state index in [4.69, 9.17) is 11.6 Å². The van der Waals surface area contributed by atoms with E-state index in [2.05, 4.69) is 16.0 Å². The summed E-state index contributed by atoms with van der Waals surface area (Å²) in [5.74, 6) is -0.448. The van der Waals surface area contributed by atoms with Crippen molar-refractivity contribution in [3.63, 3.8) is 0 Å². The van der Waals surface area contributed by atoms with Gasteiger partial charge in [-0.25, -0.2) is 0 Å². The van der Waals surface area contributed by atoms with Gasteiger partial charge in [-0.3, -0.25) is 19.1 Å². The standard InChI is InChI=1S/C27H17ClN4O2S/c1-16-24(20-7-2-3-8-22(20)31-16)25(33)21(15-29)27-32(19-11-9-17(28)10-12-19)26(34)23(35-27)14-18-6-4-5-13-30-18/h2-14,31H,1H3. The fraction of sp³-hybridized carbons (Fsp3) is 0.0370. The number of nitrogens with zero attached hydrogens (tertiary/aromatic N) is 3. The molecule has 0 saturated heterocycles. The predicted octanol–water partition coefficient (Wildman–Crippen LogP) is 4.12. The maximum absolute atomic E-state index is 13.8. The molecule has 170 valence electrons. The number of benzene rings is 2. The van der Waals surface area contributed by atoms with E-state index in [9.17, 15) is 14.9 Å². The van der Waals surface area contributed by atoms with Crippen LogP contribution in [0.15, 0.2) is 77.7 Å². The van der Waals surface area contributed by atoms with Crippen LogP contribution < -0.4 is 14.8 Å². The number of carbonyl (C=O) groups excluding carboxylic acids is 1. The summed E-state index contributed by atoms with van der Waals surface area (Å²) in [5, 5.41) is 11.4. The zero-order valence-corrected chi connectivity index (χ0v) is 20.0. The van der Waals surface area contributed by atoms with E-state index in [1.165, 1.54) is 4.57 Å². The molecule has 5 aromatic rings. The van der Waals surface area contributed by atoms with E-state index in [0.29, 0.717) is 32.2 Å². The Bertz CT molecular complexity index is 1810. The lowest BCUT2D eigenvalue weighted by Crippen LogP contribution is -2.31. The molecule has 5 rings (SSSR count). The van der Waals surface area contributed by atoms with Crippen molar-refractivity contribution in [3.8, 4) is 11.8 Å². The zero-order valence-electron chi connectivity index (χ0n) is 18.4. The summed E-state index contributed by atoms with van der Waals surface area (Å²) in [6.07, 6.45) is 3.29. The van der Waals surface area contributed by atoms with Crippen molar-refractivity contribution in [1.82, 2.24) is 14.5 Å². The maximum atomic E-state index is 13.8. The number of hydrogen-bond donors (Lipinski definition) is 1. The van der Waals surface area contributed by atoms with E-state index < -0.39 is 5.78 Å². The van der Waals surface area contributed by atoms with Crippen molar-refractivity contribution in [1.29, 1.82) is 5.26 Å². The van der Waals surface area contributed by atoms with Gasteiger partial charge in [0.05, 0.1) is 21.5 Å². The maximum Gasteiger partial charge on any atom is 0.273 e. The van der Waals surface area contributed by atoms with Gasteiger partial charge in [0.2, 0.25) is 5.78 Å². The number of nitriles is 1. The van der Waals surface area contributed by atoms with Gasteiger partial charge >= 0.3 is 0 Å². The number of pyridine rings is 1. The first kappa shape index (κ1) is 22.5. The predicted molar refractivity (Wildman–Crippen MR) is 138 cm³/mol. The molecular formula is C27H17ClN4O2S. The molecule has 0 aliphatic carbocycles. The topological polar surface area (TPSA) is 91.5 Å². The van der Waals surface area contributed by atoms with Gasteiger partial charge in [0.1, 0.15) is 16.3 Å². The molecule has 0 aliphatic heterocycles. The largest absolute Gasteiger partial charge is 0.358 e. The highest BCUT2D eigenvalue weighted by atomic mass is 35.5. The minimum absolute atomic E-state index is 0.115. The smallest absolute Gasteiger partial charge is 0.273 e. The number of rotatable bonds is 4. The van der Waals surface area contributed by atoms with Crippen LogP contribution in [0, 0.1) is 18.3 Å². The van der Waals surface area contributed by atoms with Crippen molar-refractivity contribution in [3.05, 3.63) is 114 Å². The van der Waals surface area contributed by atoms with Crippen LogP contribution in [0.4, 0.5) is 0 Å². The molecule has 0 radical (unpaired) electrons. The number of aromatic nitrogens is 3. The Labute approximate surface area is 208 Å². The second-order valence-electron chi connectivity index (χ2n) is 7.77. The van der Waals surface area contributed by atoms with Crippen LogP contribution in [0.25, 0.3) is 28.2 Å². The SMILES string of the molecule is Cc1[nH]c2ccccc2c1C(=O)C(C#N)=c1sc(=Cc2ccccn2)c(=O)n1-c1ccc(Cl)cc1.